The van der Waals surface area contributed by atoms with Gasteiger partial charge in [0.1, 0.15) is 12.4 Å². The van der Waals surface area contributed by atoms with Crippen LogP contribution in [0.15, 0.2) is 65.5 Å². The molecule has 0 aliphatic carbocycles. The van der Waals surface area contributed by atoms with Gasteiger partial charge in [-0.3, -0.25) is 14.4 Å². The van der Waals surface area contributed by atoms with E-state index in [-0.39, 0.29) is 25.4 Å². The van der Waals surface area contributed by atoms with Gasteiger partial charge >= 0.3 is 5.97 Å². The number of carbonyl (C=O) groups excluding carboxylic acids is 3. The van der Waals surface area contributed by atoms with Gasteiger partial charge in [-0.2, -0.15) is 5.10 Å². The van der Waals surface area contributed by atoms with E-state index in [1.54, 1.807) is 12.1 Å². The van der Waals surface area contributed by atoms with E-state index in [1.807, 2.05) is 50.2 Å². The summed E-state index contributed by atoms with van der Waals surface area (Å²) >= 11 is 0. The number of esters is 1. The van der Waals surface area contributed by atoms with Gasteiger partial charge in [0.05, 0.1) is 13.1 Å². The number of carbonyl (C=O) groups is 3. The fourth-order valence-corrected chi connectivity index (χ4v) is 3.27. The van der Waals surface area contributed by atoms with E-state index in [4.69, 9.17) is 9.47 Å². The van der Waals surface area contributed by atoms with Crippen molar-refractivity contribution in [2.75, 3.05) is 18.5 Å². The van der Waals surface area contributed by atoms with Gasteiger partial charge in [0, 0.05) is 11.8 Å². The van der Waals surface area contributed by atoms with E-state index < -0.39 is 29.4 Å². The van der Waals surface area contributed by atoms with Gasteiger partial charge in [-0.15, -0.1) is 0 Å². The smallest absolute Gasteiger partial charge is 0.359 e. The number of ether oxygens (including phenoxy) is 2. The second-order valence-corrected chi connectivity index (χ2v) is 8.02. The largest absolute Gasteiger partial charge is 0.492 e. The molecule has 0 aliphatic rings. The van der Waals surface area contributed by atoms with Crippen molar-refractivity contribution in [2.24, 2.45) is 0 Å². The summed E-state index contributed by atoms with van der Waals surface area (Å²) in [7, 11) is 0. The second kappa shape index (κ2) is 12.3. The zero-order valence-corrected chi connectivity index (χ0v) is 20.3. The molecule has 0 radical (unpaired) electrons. The quantitative estimate of drug-likeness (QED) is 0.415. The Morgan fingerprint density at radius 3 is 2.36 bits per heavy atom. The lowest BCUT2D eigenvalue weighted by atomic mass is 10.1. The number of benzene rings is 2. The molecule has 0 saturated carbocycles. The molecule has 1 atom stereocenters. The zero-order chi connectivity index (χ0) is 26.1. The van der Waals surface area contributed by atoms with Crippen LogP contribution in [0, 0.1) is 13.8 Å². The van der Waals surface area contributed by atoms with Crippen molar-refractivity contribution in [1.29, 1.82) is 0 Å². The molecule has 3 aromatic rings. The molecule has 188 valence electrons. The average Bonchev–Trinajstić information content (AvgIpc) is 2.86. The highest BCUT2D eigenvalue weighted by Crippen LogP contribution is 2.19. The summed E-state index contributed by atoms with van der Waals surface area (Å²) in [5, 5.41) is 9.21. The van der Waals surface area contributed by atoms with Crippen LogP contribution in [-0.4, -0.2) is 46.8 Å². The summed E-state index contributed by atoms with van der Waals surface area (Å²) in [4.78, 5) is 49.1. The lowest BCUT2D eigenvalue weighted by Crippen LogP contribution is -2.40. The van der Waals surface area contributed by atoms with E-state index in [0.29, 0.717) is 11.4 Å². The molecule has 1 aromatic heterocycles. The molecule has 3 rings (SSSR count). The molecule has 2 N–H and O–H groups in total. The molecule has 1 heterocycles. The van der Waals surface area contributed by atoms with Crippen molar-refractivity contribution < 1.29 is 23.9 Å². The fraction of sp³-hybridized carbons (Fsp3) is 0.269. The van der Waals surface area contributed by atoms with E-state index in [2.05, 4.69) is 15.7 Å². The Balaban J connectivity index is 1.50. The van der Waals surface area contributed by atoms with Gasteiger partial charge in [-0.25, -0.2) is 9.48 Å². The third kappa shape index (κ3) is 7.26. The van der Waals surface area contributed by atoms with E-state index in [9.17, 15) is 19.2 Å². The first-order valence-electron chi connectivity index (χ1n) is 11.4. The number of hydrogen-bond donors (Lipinski definition) is 2. The minimum absolute atomic E-state index is 0.111. The standard InChI is InChI=1S/C26H28N4O6/c1-17-8-7-9-18(2)24(17)28-22(31)16-27-25(33)19(3)36-26(34)21-12-13-23(32)30(29-21)14-15-35-20-10-5-4-6-11-20/h4-13,19H,14-16H2,1-3H3,(H,27,33)(H,28,31). The predicted octanol–water partition coefficient (Wildman–Crippen LogP) is 2.24. The number of hydrogen-bond acceptors (Lipinski definition) is 7. The topological polar surface area (TPSA) is 129 Å². The minimum Gasteiger partial charge on any atom is -0.492 e. The Morgan fingerprint density at radius 1 is 0.972 bits per heavy atom. The fourth-order valence-electron chi connectivity index (χ4n) is 3.27. The number of amides is 2. The Bertz CT molecular complexity index is 1270. The van der Waals surface area contributed by atoms with Crippen LogP contribution < -0.4 is 20.9 Å². The monoisotopic (exact) mass is 492 g/mol. The normalized spacial score (nSPS) is 11.3. The zero-order valence-electron chi connectivity index (χ0n) is 20.3. The van der Waals surface area contributed by atoms with Crippen LogP contribution >= 0.6 is 0 Å². The molecule has 36 heavy (non-hydrogen) atoms. The van der Waals surface area contributed by atoms with Crippen LogP contribution in [0.3, 0.4) is 0 Å². The van der Waals surface area contributed by atoms with Crippen LogP contribution in [0.4, 0.5) is 5.69 Å². The summed E-state index contributed by atoms with van der Waals surface area (Å²) in [6, 6.07) is 17.1. The molecule has 2 aromatic carbocycles. The molecule has 0 bridgehead atoms. The highest BCUT2D eigenvalue weighted by molar-refractivity contribution is 5.96. The number of rotatable bonds is 10. The molecular formula is C26H28N4O6. The Kier molecular flexibility index (Phi) is 8.93. The maximum absolute atomic E-state index is 12.5. The molecule has 10 nitrogen and oxygen atoms in total. The highest BCUT2D eigenvalue weighted by atomic mass is 16.5. The number of aromatic nitrogens is 2. The number of nitrogens with one attached hydrogen (secondary N) is 2. The van der Waals surface area contributed by atoms with Crippen molar-refractivity contribution in [3.63, 3.8) is 0 Å². The van der Waals surface area contributed by atoms with Gasteiger partial charge in [-0.05, 0) is 50.1 Å². The molecule has 0 fully saturated rings. The Morgan fingerprint density at radius 2 is 1.67 bits per heavy atom. The van der Waals surface area contributed by atoms with Gasteiger partial charge in [-0.1, -0.05) is 36.4 Å². The summed E-state index contributed by atoms with van der Waals surface area (Å²) < 4.78 is 11.8. The Hall–Kier alpha value is -4.47. The van der Waals surface area contributed by atoms with Crippen LogP contribution in [0.1, 0.15) is 28.5 Å². The summed E-state index contributed by atoms with van der Waals surface area (Å²) in [5.41, 5.74) is 1.94. The lowest BCUT2D eigenvalue weighted by molar-refractivity contribution is -0.130. The number of nitrogens with zero attached hydrogens (tertiary/aromatic N) is 2. The predicted molar refractivity (Wildman–Crippen MR) is 133 cm³/mol. The Labute approximate surface area is 208 Å². The molecule has 0 spiro atoms. The number of para-hydroxylation sites is 2. The molecule has 0 saturated heterocycles. The maximum atomic E-state index is 12.5. The third-order valence-corrected chi connectivity index (χ3v) is 5.21. The van der Waals surface area contributed by atoms with Crippen LogP contribution in [0.2, 0.25) is 0 Å². The van der Waals surface area contributed by atoms with Crippen molar-refractivity contribution in [2.45, 2.75) is 33.4 Å². The number of anilines is 1. The molecule has 2 amide bonds. The van der Waals surface area contributed by atoms with Crippen LogP contribution in [0.5, 0.6) is 5.75 Å². The summed E-state index contributed by atoms with van der Waals surface area (Å²) in [6.45, 7) is 5.10. The first kappa shape index (κ1) is 26.1. The SMILES string of the molecule is Cc1cccc(C)c1NC(=O)CNC(=O)C(C)OC(=O)c1ccc(=O)n(CCOc2ccccc2)n1. The molecule has 0 aliphatic heterocycles. The van der Waals surface area contributed by atoms with Crippen LogP contribution in [-0.2, 0) is 20.9 Å². The average molecular weight is 493 g/mol. The summed E-state index contributed by atoms with van der Waals surface area (Å²) in [6.07, 6.45) is -1.19. The molecular weight excluding hydrogens is 464 g/mol. The van der Waals surface area contributed by atoms with Gasteiger partial charge in [0.25, 0.3) is 11.5 Å². The summed E-state index contributed by atoms with van der Waals surface area (Å²) in [5.74, 6) is -1.30. The first-order chi connectivity index (χ1) is 17.2. The molecule has 10 heteroatoms. The van der Waals surface area contributed by atoms with Crippen LogP contribution in [0.25, 0.3) is 0 Å². The van der Waals surface area contributed by atoms with Gasteiger partial charge < -0.3 is 20.1 Å². The van der Waals surface area contributed by atoms with Crippen molar-refractivity contribution in [3.8, 4) is 5.75 Å². The van der Waals surface area contributed by atoms with Crippen molar-refractivity contribution >= 4 is 23.5 Å². The van der Waals surface area contributed by atoms with E-state index in [0.717, 1.165) is 15.8 Å². The van der Waals surface area contributed by atoms with E-state index in [1.165, 1.54) is 19.1 Å². The lowest BCUT2D eigenvalue weighted by Gasteiger charge is -2.15. The van der Waals surface area contributed by atoms with Crippen molar-refractivity contribution in [3.05, 3.63) is 87.8 Å². The highest BCUT2D eigenvalue weighted by Gasteiger charge is 2.21. The van der Waals surface area contributed by atoms with Crippen molar-refractivity contribution in [1.82, 2.24) is 15.1 Å². The van der Waals surface area contributed by atoms with Gasteiger partial charge in [0.15, 0.2) is 11.8 Å². The minimum atomic E-state index is -1.19. The third-order valence-electron chi connectivity index (χ3n) is 5.21. The number of aryl methyl sites for hydroxylation is 2. The first-order valence-corrected chi connectivity index (χ1v) is 11.4. The second-order valence-electron chi connectivity index (χ2n) is 8.02. The van der Waals surface area contributed by atoms with Gasteiger partial charge in [0.2, 0.25) is 5.91 Å². The van der Waals surface area contributed by atoms with E-state index >= 15 is 0 Å². The molecule has 1 unspecified atom stereocenters. The maximum Gasteiger partial charge on any atom is 0.359 e.